The number of rotatable bonds is 6. The zero-order valence-electron chi connectivity index (χ0n) is 19.6. The molecule has 4 heterocycles. The van der Waals surface area contributed by atoms with Gasteiger partial charge in [0.2, 0.25) is 0 Å². The minimum absolute atomic E-state index is 0.211. The number of nitrogens with one attached hydrogen (secondary N) is 1. The molecule has 0 aliphatic carbocycles. The fourth-order valence-corrected chi connectivity index (χ4v) is 4.47. The van der Waals surface area contributed by atoms with Crippen molar-refractivity contribution >= 4 is 46.8 Å². The van der Waals surface area contributed by atoms with Crippen LogP contribution in [0.1, 0.15) is 39.9 Å². The van der Waals surface area contributed by atoms with Crippen LogP contribution in [0.3, 0.4) is 0 Å². The molecule has 33 heavy (non-hydrogen) atoms. The average molecular weight is 489 g/mol. The first-order valence-corrected chi connectivity index (χ1v) is 11.8. The van der Waals surface area contributed by atoms with Gasteiger partial charge in [-0.05, 0) is 18.8 Å². The predicted octanol–water partition coefficient (Wildman–Crippen LogP) is 3.16. The minimum Gasteiger partial charge on any atom is -0.296 e. The molecule has 0 fully saturated rings. The average Bonchev–Trinajstić information content (AvgIpc) is 3.33. The van der Waals surface area contributed by atoms with Crippen LogP contribution in [0, 0.1) is 28.0 Å². The number of hydrogen-bond acceptors (Lipinski definition) is 6. The molecule has 176 valence electrons. The summed E-state index contributed by atoms with van der Waals surface area (Å²) in [5.41, 5.74) is 1.65. The van der Waals surface area contributed by atoms with Gasteiger partial charge in [-0.3, -0.25) is 18.7 Å². The molecule has 0 saturated heterocycles. The molecular weight excluding hydrogens is 460 g/mol. The molecule has 1 unspecified atom stereocenters. The maximum atomic E-state index is 13.2. The Bertz CT molecular complexity index is 1610. The number of nitrogens with zero attached hydrogens (tertiary/aromatic N) is 7. The first-order valence-electron chi connectivity index (χ1n) is 11.0. The Hall–Kier alpha value is -2.86. The van der Waals surface area contributed by atoms with E-state index in [9.17, 15) is 9.59 Å². The molecule has 4 aromatic rings. The lowest BCUT2D eigenvalue weighted by Gasteiger charge is -2.18. The standard InChI is InChI=1S/C21H28N8O2S2/c1-7-12(4)9-26-17-14(16(32)24-20(26)30)22-10-28(17)29-13(5)23-15-18(29)27(8-11(2)3)21(31)25(6)19(15)33/h10-12H,7-9H2,1-6H3,(H,24,30,32). The maximum Gasteiger partial charge on any atom is 0.330 e. The predicted molar refractivity (Wildman–Crippen MR) is 133 cm³/mol. The highest BCUT2D eigenvalue weighted by molar-refractivity contribution is 7.71. The van der Waals surface area contributed by atoms with E-state index in [0.29, 0.717) is 45.9 Å². The van der Waals surface area contributed by atoms with E-state index in [2.05, 4.69) is 23.8 Å². The van der Waals surface area contributed by atoms with Gasteiger partial charge in [0.15, 0.2) is 11.3 Å². The third-order valence-electron chi connectivity index (χ3n) is 5.89. The van der Waals surface area contributed by atoms with E-state index in [-0.39, 0.29) is 27.9 Å². The van der Waals surface area contributed by atoms with E-state index < -0.39 is 0 Å². The fourth-order valence-electron chi connectivity index (χ4n) is 4.02. The summed E-state index contributed by atoms with van der Waals surface area (Å²) >= 11 is 11.0. The first-order chi connectivity index (χ1) is 15.6. The van der Waals surface area contributed by atoms with E-state index in [1.165, 1.54) is 4.57 Å². The van der Waals surface area contributed by atoms with Crippen molar-refractivity contribution in [2.45, 2.75) is 54.1 Å². The Morgan fingerprint density at radius 1 is 1.06 bits per heavy atom. The van der Waals surface area contributed by atoms with Crippen molar-refractivity contribution in [3.05, 3.63) is 42.4 Å². The molecule has 10 nitrogen and oxygen atoms in total. The lowest BCUT2D eigenvalue weighted by atomic mass is 10.1. The summed E-state index contributed by atoms with van der Waals surface area (Å²) in [6, 6.07) is 0. The molecule has 0 aromatic carbocycles. The lowest BCUT2D eigenvalue weighted by molar-refractivity contribution is 0.455. The molecule has 4 rings (SSSR count). The lowest BCUT2D eigenvalue weighted by Crippen LogP contribution is -2.33. The van der Waals surface area contributed by atoms with Crippen LogP contribution in [0.15, 0.2) is 15.9 Å². The van der Waals surface area contributed by atoms with Crippen LogP contribution in [-0.4, -0.2) is 38.0 Å². The minimum atomic E-state index is -0.299. The quantitative estimate of drug-likeness (QED) is 0.419. The monoisotopic (exact) mass is 488 g/mol. The number of hydrogen-bond donors (Lipinski definition) is 1. The van der Waals surface area contributed by atoms with E-state index >= 15 is 0 Å². The third-order valence-corrected chi connectivity index (χ3v) is 6.65. The highest BCUT2D eigenvalue weighted by Crippen LogP contribution is 2.21. The fraction of sp³-hybridized carbons (Fsp3) is 0.524. The SMILES string of the molecule is CCC(C)Cn1c(=O)[nH]c(=S)c2ncn(-n3c(C)nc4c(=S)n(C)c(=O)n(CC(C)C)c43)c21. The first kappa shape index (κ1) is 23.3. The van der Waals surface area contributed by atoms with Crippen molar-refractivity contribution in [2.24, 2.45) is 18.9 Å². The van der Waals surface area contributed by atoms with Gasteiger partial charge in [0, 0.05) is 20.1 Å². The second-order valence-electron chi connectivity index (χ2n) is 8.94. The Labute approximate surface area is 200 Å². The summed E-state index contributed by atoms with van der Waals surface area (Å²) in [5, 5.41) is 0. The second-order valence-corrected chi connectivity index (χ2v) is 9.73. The van der Waals surface area contributed by atoms with E-state index in [1.807, 2.05) is 20.8 Å². The van der Waals surface area contributed by atoms with Crippen molar-refractivity contribution in [3.63, 3.8) is 0 Å². The van der Waals surface area contributed by atoms with Gasteiger partial charge in [-0.1, -0.05) is 58.6 Å². The molecule has 0 bridgehead atoms. The number of imidazole rings is 2. The van der Waals surface area contributed by atoms with Gasteiger partial charge in [0.25, 0.3) is 0 Å². The van der Waals surface area contributed by atoms with Crippen LogP contribution < -0.4 is 11.4 Å². The summed E-state index contributed by atoms with van der Waals surface area (Å²) in [5.74, 6) is 1.08. The largest absolute Gasteiger partial charge is 0.330 e. The number of H-pyrrole nitrogens is 1. The zero-order valence-corrected chi connectivity index (χ0v) is 21.2. The molecule has 0 radical (unpaired) electrons. The van der Waals surface area contributed by atoms with Crippen LogP contribution in [-0.2, 0) is 20.1 Å². The van der Waals surface area contributed by atoms with E-state index in [0.717, 1.165) is 6.42 Å². The van der Waals surface area contributed by atoms with Gasteiger partial charge in [0.1, 0.15) is 32.5 Å². The van der Waals surface area contributed by atoms with E-state index in [4.69, 9.17) is 29.4 Å². The molecule has 12 heteroatoms. The summed E-state index contributed by atoms with van der Waals surface area (Å²) in [6.45, 7) is 11.1. The van der Waals surface area contributed by atoms with Crippen molar-refractivity contribution in [1.29, 1.82) is 0 Å². The summed E-state index contributed by atoms with van der Waals surface area (Å²) in [7, 11) is 1.66. The molecule has 0 spiro atoms. The number of aryl methyl sites for hydroxylation is 1. The topological polar surface area (TPSA) is 100 Å². The van der Waals surface area contributed by atoms with Gasteiger partial charge < -0.3 is 0 Å². The summed E-state index contributed by atoms with van der Waals surface area (Å²) in [4.78, 5) is 38.1. The van der Waals surface area contributed by atoms with Gasteiger partial charge in [0.05, 0.1) is 0 Å². The summed E-state index contributed by atoms with van der Waals surface area (Å²) < 4.78 is 8.95. The third kappa shape index (κ3) is 3.70. The van der Waals surface area contributed by atoms with Crippen molar-refractivity contribution in [2.75, 3.05) is 0 Å². The Morgan fingerprint density at radius 2 is 1.76 bits per heavy atom. The smallest absolute Gasteiger partial charge is 0.296 e. The van der Waals surface area contributed by atoms with Gasteiger partial charge in [-0.2, -0.15) is 0 Å². The zero-order chi connectivity index (χ0) is 24.2. The van der Waals surface area contributed by atoms with Crippen molar-refractivity contribution in [1.82, 2.24) is 38.0 Å². The van der Waals surface area contributed by atoms with Gasteiger partial charge >= 0.3 is 11.4 Å². The molecule has 0 saturated carbocycles. The number of aromatic nitrogens is 8. The normalized spacial score (nSPS) is 12.9. The highest BCUT2D eigenvalue weighted by Gasteiger charge is 2.22. The molecule has 0 amide bonds. The maximum absolute atomic E-state index is 13.2. The number of aromatic amines is 1. The molecule has 4 aromatic heterocycles. The van der Waals surface area contributed by atoms with Crippen LogP contribution >= 0.6 is 24.4 Å². The molecular formula is C21H28N8O2S2. The van der Waals surface area contributed by atoms with E-state index in [1.54, 1.807) is 31.9 Å². The van der Waals surface area contributed by atoms with Crippen LogP contribution in [0.2, 0.25) is 0 Å². The Morgan fingerprint density at radius 3 is 2.39 bits per heavy atom. The summed E-state index contributed by atoms with van der Waals surface area (Å²) in [6.07, 6.45) is 2.52. The number of fused-ring (bicyclic) bond motifs is 2. The highest BCUT2D eigenvalue weighted by atomic mass is 32.1. The van der Waals surface area contributed by atoms with Crippen LogP contribution in [0.25, 0.3) is 22.3 Å². The van der Waals surface area contributed by atoms with Crippen LogP contribution in [0.4, 0.5) is 0 Å². The van der Waals surface area contributed by atoms with Crippen LogP contribution in [0.5, 0.6) is 0 Å². The molecule has 1 N–H and O–H groups in total. The van der Waals surface area contributed by atoms with Gasteiger partial charge in [-0.25, -0.2) is 28.9 Å². The van der Waals surface area contributed by atoms with Gasteiger partial charge in [-0.15, -0.1) is 0 Å². The Kier molecular flexibility index (Phi) is 5.99. The Balaban J connectivity index is 2.19. The second kappa shape index (κ2) is 8.49. The van der Waals surface area contributed by atoms with Crippen molar-refractivity contribution in [3.8, 4) is 0 Å². The molecule has 1 atom stereocenters. The molecule has 0 aliphatic rings. The van der Waals surface area contributed by atoms with Crippen molar-refractivity contribution < 1.29 is 0 Å². The molecule has 0 aliphatic heterocycles.